The Morgan fingerprint density at radius 3 is 2.80 bits per heavy atom. The van der Waals surface area contributed by atoms with Gasteiger partial charge in [0.2, 0.25) is 5.95 Å². The summed E-state index contributed by atoms with van der Waals surface area (Å²) in [6.45, 7) is 3.67. The average Bonchev–Trinajstić information content (AvgIpc) is 2.48. The number of aromatic nitrogens is 2. The molecule has 1 aromatic carbocycles. The highest BCUT2D eigenvalue weighted by Crippen LogP contribution is 2.30. The molecule has 0 unspecified atom stereocenters. The molecule has 1 aromatic heterocycles. The van der Waals surface area contributed by atoms with Crippen molar-refractivity contribution in [1.29, 1.82) is 0 Å². The van der Waals surface area contributed by atoms with Gasteiger partial charge in [-0.05, 0) is 12.1 Å². The third-order valence-corrected chi connectivity index (χ3v) is 3.37. The van der Waals surface area contributed by atoms with Crippen LogP contribution in [0.25, 0.3) is 11.3 Å². The second-order valence-corrected chi connectivity index (χ2v) is 4.75. The maximum atomic E-state index is 9.65. The lowest BCUT2D eigenvalue weighted by Crippen LogP contribution is -2.43. The van der Waals surface area contributed by atoms with E-state index in [0.717, 1.165) is 43.1 Å². The molecule has 1 aliphatic heterocycles. The number of benzene rings is 1. The first kappa shape index (κ1) is 12.7. The van der Waals surface area contributed by atoms with Gasteiger partial charge in [-0.25, -0.2) is 9.97 Å². The highest BCUT2D eigenvalue weighted by molar-refractivity contribution is 5.76. The van der Waals surface area contributed by atoms with Crippen LogP contribution in [0.1, 0.15) is 0 Å². The van der Waals surface area contributed by atoms with E-state index in [4.69, 9.17) is 5.73 Å². The first-order chi connectivity index (χ1) is 9.74. The number of anilines is 2. The maximum Gasteiger partial charge on any atom is 0.220 e. The third kappa shape index (κ3) is 2.50. The fourth-order valence-electron chi connectivity index (χ4n) is 2.39. The summed E-state index contributed by atoms with van der Waals surface area (Å²) in [6.07, 6.45) is 1.76. The van der Waals surface area contributed by atoms with Crippen LogP contribution < -0.4 is 16.0 Å². The van der Waals surface area contributed by atoms with Crippen LogP contribution in [0.4, 0.5) is 11.6 Å². The summed E-state index contributed by atoms with van der Waals surface area (Å²) >= 11 is 0. The molecule has 0 atom stereocenters. The summed E-state index contributed by atoms with van der Waals surface area (Å²) in [5.74, 6) is 0.452. The topological polar surface area (TPSA) is 87.3 Å². The molecular weight excluding hydrogens is 254 g/mol. The molecule has 0 amide bonds. The van der Waals surface area contributed by atoms with E-state index in [9.17, 15) is 5.11 Å². The summed E-state index contributed by atoms with van der Waals surface area (Å²) in [4.78, 5) is 10.7. The van der Waals surface area contributed by atoms with E-state index in [1.165, 1.54) is 0 Å². The van der Waals surface area contributed by atoms with Gasteiger partial charge in [0.05, 0.1) is 17.6 Å². The summed E-state index contributed by atoms with van der Waals surface area (Å²) in [7, 11) is 0. The number of phenols is 1. The van der Waals surface area contributed by atoms with Gasteiger partial charge in [0.25, 0.3) is 0 Å². The summed E-state index contributed by atoms with van der Waals surface area (Å²) in [5, 5.41) is 13.0. The Balaban J connectivity index is 2.06. The van der Waals surface area contributed by atoms with Crippen molar-refractivity contribution in [2.24, 2.45) is 0 Å². The smallest absolute Gasteiger partial charge is 0.220 e. The van der Waals surface area contributed by atoms with E-state index in [0.29, 0.717) is 0 Å². The zero-order valence-electron chi connectivity index (χ0n) is 11.1. The van der Waals surface area contributed by atoms with Gasteiger partial charge in [-0.1, -0.05) is 12.1 Å². The van der Waals surface area contributed by atoms with E-state index in [1.807, 2.05) is 6.07 Å². The van der Waals surface area contributed by atoms with Crippen molar-refractivity contribution in [3.8, 4) is 17.0 Å². The molecule has 0 bridgehead atoms. The Labute approximate surface area is 117 Å². The van der Waals surface area contributed by atoms with Gasteiger partial charge in [0.15, 0.2) is 0 Å². The van der Waals surface area contributed by atoms with Gasteiger partial charge in [-0.15, -0.1) is 0 Å². The van der Waals surface area contributed by atoms with E-state index < -0.39 is 0 Å². The normalized spacial score (nSPS) is 15.3. The lowest BCUT2D eigenvalue weighted by Gasteiger charge is -2.30. The molecule has 1 aliphatic rings. The lowest BCUT2D eigenvalue weighted by molar-refractivity contribution is 0.475. The van der Waals surface area contributed by atoms with Crippen molar-refractivity contribution >= 4 is 11.6 Å². The van der Waals surface area contributed by atoms with Crippen molar-refractivity contribution < 1.29 is 5.11 Å². The highest BCUT2D eigenvalue weighted by Gasteiger charge is 2.17. The average molecular weight is 271 g/mol. The number of piperazine rings is 1. The fraction of sp³-hybridized carbons (Fsp3) is 0.286. The lowest BCUT2D eigenvalue weighted by atomic mass is 10.1. The molecule has 3 rings (SSSR count). The zero-order chi connectivity index (χ0) is 13.9. The maximum absolute atomic E-state index is 9.65. The van der Waals surface area contributed by atoms with Crippen molar-refractivity contribution in [3.05, 3.63) is 30.5 Å². The van der Waals surface area contributed by atoms with Gasteiger partial charge < -0.3 is 21.1 Å². The van der Waals surface area contributed by atoms with Gasteiger partial charge in [-0.3, -0.25) is 0 Å². The Morgan fingerprint density at radius 1 is 1.25 bits per heavy atom. The van der Waals surface area contributed by atoms with Crippen LogP contribution in [0.5, 0.6) is 5.75 Å². The number of hydrogen-bond acceptors (Lipinski definition) is 6. The molecule has 1 saturated heterocycles. The number of rotatable bonds is 2. The number of nitrogens with zero attached hydrogens (tertiary/aromatic N) is 3. The molecule has 0 spiro atoms. The van der Waals surface area contributed by atoms with Crippen LogP contribution in [0, 0.1) is 0 Å². The summed E-state index contributed by atoms with van der Waals surface area (Å²) < 4.78 is 0. The quantitative estimate of drug-likeness (QED) is 0.750. The standard InChI is InChI=1S/C14H17N5O/c15-14-17-9-12(19-6-4-16-5-7-19)13(18-14)10-2-1-3-11(20)8-10/h1-3,8-9,16,20H,4-7H2,(H2,15,17,18). The predicted molar refractivity (Wildman–Crippen MR) is 78.6 cm³/mol. The van der Waals surface area contributed by atoms with E-state index >= 15 is 0 Å². The van der Waals surface area contributed by atoms with Crippen LogP contribution in [0.2, 0.25) is 0 Å². The molecule has 20 heavy (non-hydrogen) atoms. The van der Waals surface area contributed by atoms with Gasteiger partial charge in [0.1, 0.15) is 5.75 Å². The second kappa shape index (κ2) is 5.34. The van der Waals surface area contributed by atoms with Gasteiger partial charge in [-0.2, -0.15) is 0 Å². The summed E-state index contributed by atoms with van der Waals surface area (Å²) in [5.41, 5.74) is 8.27. The molecule has 2 aromatic rings. The number of phenolic OH excluding ortho intramolecular Hbond substituents is 1. The fourth-order valence-corrected chi connectivity index (χ4v) is 2.39. The third-order valence-electron chi connectivity index (χ3n) is 3.37. The van der Waals surface area contributed by atoms with Crippen LogP contribution in [0.15, 0.2) is 30.5 Å². The minimum absolute atomic E-state index is 0.214. The molecule has 2 heterocycles. The zero-order valence-corrected chi connectivity index (χ0v) is 11.1. The van der Waals surface area contributed by atoms with Gasteiger partial charge in [0, 0.05) is 31.7 Å². The van der Waals surface area contributed by atoms with Crippen molar-refractivity contribution in [3.63, 3.8) is 0 Å². The van der Waals surface area contributed by atoms with Crippen LogP contribution in [-0.2, 0) is 0 Å². The van der Waals surface area contributed by atoms with Crippen LogP contribution >= 0.6 is 0 Å². The van der Waals surface area contributed by atoms with Crippen molar-refractivity contribution in [2.45, 2.75) is 0 Å². The Hall–Kier alpha value is -2.34. The number of aromatic hydroxyl groups is 1. The molecule has 6 heteroatoms. The molecule has 104 valence electrons. The second-order valence-electron chi connectivity index (χ2n) is 4.75. The molecule has 4 N–H and O–H groups in total. The Bertz CT molecular complexity index is 610. The van der Waals surface area contributed by atoms with E-state index in [1.54, 1.807) is 24.4 Å². The molecule has 1 fully saturated rings. The minimum Gasteiger partial charge on any atom is -0.508 e. The molecular formula is C14H17N5O. The molecule has 6 nitrogen and oxygen atoms in total. The molecule has 0 radical (unpaired) electrons. The van der Waals surface area contributed by atoms with E-state index in [-0.39, 0.29) is 11.7 Å². The van der Waals surface area contributed by atoms with Crippen LogP contribution in [0.3, 0.4) is 0 Å². The van der Waals surface area contributed by atoms with Crippen molar-refractivity contribution in [2.75, 3.05) is 36.8 Å². The Kier molecular flexibility index (Phi) is 3.39. The monoisotopic (exact) mass is 271 g/mol. The molecule has 0 saturated carbocycles. The first-order valence-corrected chi connectivity index (χ1v) is 6.61. The number of nitrogens with two attached hydrogens (primary N) is 1. The highest BCUT2D eigenvalue weighted by atomic mass is 16.3. The summed E-state index contributed by atoms with van der Waals surface area (Å²) in [6, 6.07) is 7.03. The molecule has 0 aliphatic carbocycles. The largest absolute Gasteiger partial charge is 0.508 e. The van der Waals surface area contributed by atoms with E-state index in [2.05, 4.69) is 20.2 Å². The predicted octanol–water partition coefficient (Wildman–Crippen LogP) is 0.841. The van der Waals surface area contributed by atoms with Crippen LogP contribution in [-0.4, -0.2) is 41.3 Å². The van der Waals surface area contributed by atoms with Crippen molar-refractivity contribution in [1.82, 2.24) is 15.3 Å². The number of nitrogen functional groups attached to an aromatic ring is 1. The van der Waals surface area contributed by atoms with Gasteiger partial charge >= 0.3 is 0 Å². The number of nitrogens with one attached hydrogen (secondary N) is 1. The Morgan fingerprint density at radius 2 is 2.05 bits per heavy atom. The minimum atomic E-state index is 0.214. The first-order valence-electron chi connectivity index (χ1n) is 6.61. The number of hydrogen-bond donors (Lipinski definition) is 3. The SMILES string of the molecule is Nc1ncc(N2CCNCC2)c(-c2cccc(O)c2)n1.